The van der Waals surface area contributed by atoms with Crippen LogP contribution in [-0.2, 0) is 6.54 Å². The molecule has 20 heavy (non-hydrogen) atoms. The largest absolute Gasteiger partial charge is 0.481 e. The van der Waals surface area contributed by atoms with Crippen molar-refractivity contribution in [2.45, 2.75) is 11.4 Å². The number of thiophene rings is 1. The maximum absolute atomic E-state index is 9.02. The zero-order valence-electron chi connectivity index (χ0n) is 11.1. The van der Waals surface area contributed by atoms with Crippen LogP contribution >= 0.6 is 23.1 Å². The van der Waals surface area contributed by atoms with E-state index in [-0.39, 0.29) is 0 Å². The molecule has 0 aromatic carbocycles. The van der Waals surface area contributed by atoms with Crippen molar-refractivity contribution in [3.05, 3.63) is 28.8 Å². The van der Waals surface area contributed by atoms with Crippen molar-refractivity contribution in [1.82, 2.24) is 4.98 Å². The van der Waals surface area contributed by atoms with Crippen LogP contribution in [0.15, 0.2) is 23.2 Å². The zero-order valence-corrected chi connectivity index (χ0v) is 12.8. The van der Waals surface area contributed by atoms with Gasteiger partial charge in [0.1, 0.15) is 15.9 Å². The predicted molar refractivity (Wildman–Crippen MR) is 83.3 cm³/mol. The second-order valence-corrected chi connectivity index (χ2v) is 5.72. The molecule has 0 saturated carbocycles. The molecule has 2 aromatic rings. The quantitative estimate of drug-likeness (QED) is 0.826. The summed E-state index contributed by atoms with van der Waals surface area (Å²) in [5.74, 6) is 0.581. The molecule has 2 rings (SSSR count). The van der Waals surface area contributed by atoms with E-state index < -0.39 is 0 Å². The Morgan fingerprint density at radius 2 is 2.40 bits per heavy atom. The van der Waals surface area contributed by atoms with Crippen LogP contribution in [0.25, 0.3) is 0 Å². The van der Waals surface area contributed by atoms with E-state index in [1.807, 2.05) is 18.4 Å². The second-order valence-electron chi connectivity index (χ2n) is 3.88. The van der Waals surface area contributed by atoms with Crippen LogP contribution in [0, 0.1) is 11.3 Å². The number of rotatable bonds is 5. The van der Waals surface area contributed by atoms with Crippen LogP contribution in [0.5, 0.6) is 5.88 Å². The minimum Gasteiger partial charge on any atom is -0.481 e. The van der Waals surface area contributed by atoms with Gasteiger partial charge in [-0.05, 0) is 17.9 Å². The summed E-state index contributed by atoms with van der Waals surface area (Å²) in [7, 11) is 1.59. The van der Waals surface area contributed by atoms with Crippen molar-refractivity contribution in [3.8, 4) is 11.9 Å². The van der Waals surface area contributed by atoms with E-state index in [1.165, 1.54) is 23.1 Å². The maximum atomic E-state index is 9.02. The lowest BCUT2D eigenvalue weighted by atomic mass is 10.2. The monoisotopic (exact) mass is 306 g/mol. The molecule has 2 heterocycles. The molecule has 2 aromatic heterocycles. The minimum absolute atomic E-state index is 0.546. The number of thioether (sulfide) groups is 1. The summed E-state index contributed by atoms with van der Waals surface area (Å²) < 4.78 is 5.09. The van der Waals surface area contributed by atoms with Gasteiger partial charge in [0.25, 0.3) is 0 Å². The molecule has 0 radical (unpaired) electrons. The molecule has 0 fully saturated rings. The first-order valence-corrected chi connectivity index (χ1v) is 7.82. The van der Waals surface area contributed by atoms with Gasteiger partial charge in [-0.2, -0.15) is 5.26 Å². The number of nitrogens with one attached hydrogen (secondary N) is 1. The van der Waals surface area contributed by atoms with E-state index in [1.54, 1.807) is 13.3 Å². The molecule has 0 aliphatic carbocycles. The number of nitrogen functional groups attached to an aromatic ring is 1. The molecule has 7 heteroatoms. The first-order valence-electron chi connectivity index (χ1n) is 5.78. The number of ether oxygens (including phenoxy) is 1. The van der Waals surface area contributed by atoms with Gasteiger partial charge < -0.3 is 15.8 Å². The molecule has 104 valence electrons. The van der Waals surface area contributed by atoms with E-state index in [9.17, 15) is 0 Å². The predicted octanol–water partition coefficient (Wildman–Crippen LogP) is 2.94. The SMILES string of the molecule is COc1cc(CNc2sc(C#N)c(N)c2SC)ccn1. The Labute approximate surface area is 125 Å². The van der Waals surface area contributed by atoms with Crippen molar-refractivity contribution >= 4 is 33.8 Å². The third-order valence-corrected chi connectivity index (χ3v) is 4.70. The van der Waals surface area contributed by atoms with Crippen molar-refractivity contribution in [3.63, 3.8) is 0 Å². The van der Waals surface area contributed by atoms with Crippen LogP contribution in [0.2, 0.25) is 0 Å². The van der Waals surface area contributed by atoms with Gasteiger partial charge in [-0.25, -0.2) is 4.98 Å². The Balaban J connectivity index is 2.16. The van der Waals surface area contributed by atoms with E-state index in [4.69, 9.17) is 15.7 Å². The van der Waals surface area contributed by atoms with Gasteiger partial charge in [-0.3, -0.25) is 0 Å². The molecule has 0 spiro atoms. The second kappa shape index (κ2) is 6.50. The van der Waals surface area contributed by atoms with Gasteiger partial charge in [0, 0.05) is 18.8 Å². The van der Waals surface area contributed by atoms with Gasteiger partial charge in [-0.1, -0.05) is 0 Å². The fourth-order valence-corrected chi connectivity index (χ4v) is 3.51. The molecule has 3 N–H and O–H groups in total. The lowest BCUT2D eigenvalue weighted by Crippen LogP contribution is -2.00. The Kier molecular flexibility index (Phi) is 4.71. The number of nitrogens with two attached hydrogens (primary N) is 1. The van der Waals surface area contributed by atoms with E-state index in [0.717, 1.165) is 15.5 Å². The number of nitriles is 1. The number of aromatic nitrogens is 1. The Morgan fingerprint density at radius 1 is 1.60 bits per heavy atom. The number of hydrogen-bond donors (Lipinski definition) is 2. The number of anilines is 2. The highest BCUT2D eigenvalue weighted by Crippen LogP contribution is 2.41. The third-order valence-electron chi connectivity index (χ3n) is 2.67. The first-order chi connectivity index (χ1) is 9.69. The van der Waals surface area contributed by atoms with Crippen LogP contribution in [0.3, 0.4) is 0 Å². The highest BCUT2D eigenvalue weighted by molar-refractivity contribution is 7.99. The summed E-state index contributed by atoms with van der Waals surface area (Å²) in [6, 6.07) is 5.90. The number of nitrogens with zero attached hydrogens (tertiary/aromatic N) is 2. The van der Waals surface area contributed by atoms with Crippen LogP contribution in [0.1, 0.15) is 10.4 Å². The molecule has 0 aliphatic heterocycles. The summed E-state index contributed by atoms with van der Waals surface area (Å²) in [6.07, 6.45) is 3.65. The van der Waals surface area contributed by atoms with Gasteiger partial charge >= 0.3 is 0 Å². The standard InChI is InChI=1S/C13H14N4OS2/c1-18-10-5-8(3-4-16-10)7-17-13-12(19-2)11(15)9(6-14)20-13/h3-5,17H,7,15H2,1-2H3. The summed E-state index contributed by atoms with van der Waals surface area (Å²) in [5.41, 5.74) is 7.54. The minimum atomic E-state index is 0.546. The molecular weight excluding hydrogens is 292 g/mol. The molecule has 0 saturated heterocycles. The Hall–Kier alpha value is -1.91. The molecule has 5 nitrogen and oxygen atoms in total. The smallest absolute Gasteiger partial charge is 0.213 e. The van der Waals surface area contributed by atoms with Gasteiger partial charge in [0.05, 0.1) is 17.7 Å². The van der Waals surface area contributed by atoms with Crippen LogP contribution < -0.4 is 15.8 Å². The Bertz CT molecular complexity index is 648. The summed E-state index contributed by atoms with van der Waals surface area (Å²) >= 11 is 2.91. The van der Waals surface area contributed by atoms with Crippen molar-refractivity contribution < 1.29 is 4.74 Å². The van der Waals surface area contributed by atoms with Gasteiger partial charge in [0.15, 0.2) is 0 Å². The number of pyridine rings is 1. The summed E-state index contributed by atoms with van der Waals surface area (Å²) in [6.45, 7) is 0.622. The highest BCUT2D eigenvalue weighted by atomic mass is 32.2. The summed E-state index contributed by atoms with van der Waals surface area (Å²) in [4.78, 5) is 5.53. The summed E-state index contributed by atoms with van der Waals surface area (Å²) in [5, 5.41) is 13.3. The van der Waals surface area contributed by atoms with Gasteiger partial charge in [-0.15, -0.1) is 23.1 Å². The van der Waals surface area contributed by atoms with Gasteiger partial charge in [0.2, 0.25) is 5.88 Å². The zero-order chi connectivity index (χ0) is 14.5. The normalized spacial score (nSPS) is 10.1. The fraction of sp³-hybridized carbons (Fsp3) is 0.231. The van der Waals surface area contributed by atoms with Crippen LogP contribution in [-0.4, -0.2) is 18.3 Å². The van der Waals surface area contributed by atoms with Crippen molar-refractivity contribution in [2.75, 3.05) is 24.4 Å². The lowest BCUT2D eigenvalue weighted by molar-refractivity contribution is 0.397. The van der Waals surface area contributed by atoms with Crippen molar-refractivity contribution in [2.24, 2.45) is 0 Å². The Morgan fingerprint density at radius 3 is 3.05 bits per heavy atom. The highest BCUT2D eigenvalue weighted by Gasteiger charge is 2.14. The molecular formula is C13H14N4OS2. The molecule has 0 aliphatic rings. The topological polar surface area (TPSA) is 84.0 Å². The molecule has 0 amide bonds. The van der Waals surface area contributed by atoms with E-state index >= 15 is 0 Å². The van der Waals surface area contributed by atoms with E-state index in [0.29, 0.717) is 23.0 Å². The van der Waals surface area contributed by atoms with E-state index in [2.05, 4.69) is 16.4 Å². The first kappa shape index (κ1) is 14.5. The molecule has 0 atom stereocenters. The fourth-order valence-electron chi connectivity index (χ4n) is 1.69. The average Bonchev–Trinajstić information content (AvgIpc) is 2.80. The molecule has 0 unspecified atom stereocenters. The van der Waals surface area contributed by atoms with Crippen LogP contribution in [0.4, 0.5) is 10.7 Å². The molecule has 0 bridgehead atoms. The average molecular weight is 306 g/mol. The third kappa shape index (κ3) is 2.98. The number of hydrogen-bond acceptors (Lipinski definition) is 7. The lowest BCUT2D eigenvalue weighted by Gasteiger charge is -2.07. The number of methoxy groups -OCH3 is 1. The van der Waals surface area contributed by atoms with Crippen molar-refractivity contribution in [1.29, 1.82) is 5.26 Å². The maximum Gasteiger partial charge on any atom is 0.213 e.